The van der Waals surface area contributed by atoms with Gasteiger partial charge in [-0.15, -0.1) is 0 Å². The molecule has 1 aromatic rings. The van der Waals surface area contributed by atoms with Crippen molar-refractivity contribution < 1.29 is 28.2 Å². The summed E-state index contributed by atoms with van der Waals surface area (Å²) in [6.07, 6.45) is 1.46. The van der Waals surface area contributed by atoms with E-state index in [2.05, 4.69) is 4.74 Å². The average molecular weight is 333 g/mol. The van der Waals surface area contributed by atoms with E-state index in [-0.39, 0.29) is 22.9 Å². The molecule has 22 heavy (non-hydrogen) atoms. The first-order valence-electron chi connectivity index (χ1n) is 6.73. The Labute approximate surface area is 133 Å². The molecule has 0 heterocycles. The number of halogens is 2. The third-order valence-electron chi connectivity index (χ3n) is 3.00. The molecule has 1 aromatic carbocycles. The van der Waals surface area contributed by atoms with Crippen molar-refractivity contribution in [2.45, 2.75) is 25.7 Å². The van der Waals surface area contributed by atoms with Crippen LogP contribution in [0.2, 0.25) is 5.02 Å². The Morgan fingerprint density at radius 3 is 2.50 bits per heavy atom. The van der Waals surface area contributed by atoms with Gasteiger partial charge < -0.3 is 14.2 Å². The van der Waals surface area contributed by atoms with Gasteiger partial charge in [0.05, 0.1) is 25.8 Å². The van der Waals surface area contributed by atoms with Crippen molar-refractivity contribution >= 4 is 23.5 Å². The maximum Gasteiger partial charge on any atom is 0.325 e. The van der Waals surface area contributed by atoms with Gasteiger partial charge in [-0.1, -0.05) is 24.9 Å². The minimum absolute atomic E-state index is 0.0340. The normalized spacial score (nSPS) is 11.7. The van der Waals surface area contributed by atoms with Crippen LogP contribution in [-0.2, 0) is 19.1 Å². The summed E-state index contributed by atoms with van der Waals surface area (Å²) in [7, 11) is 2.45. The fourth-order valence-corrected chi connectivity index (χ4v) is 2.02. The third-order valence-corrected chi connectivity index (χ3v) is 3.29. The number of esters is 2. The number of carbonyl (C=O) groups excluding carboxylic acids is 2. The lowest BCUT2D eigenvalue weighted by Gasteiger charge is -2.16. The predicted molar refractivity (Wildman–Crippen MR) is 78.6 cm³/mol. The molecule has 0 aliphatic carbocycles. The highest BCUT2D eigenvalue weighted by Gasteiger charge is 2.34. The Kier molecular flexibility index (Phi) is 7.11. The summed E-state index contributed by atoms with van der Waals surface area (Å²) in [6.45, 7) is 2.07. The Balaban J connectivity index is 3.17. The first-order valence-corrected chi connectivity index (χ1v) is 7.11. The standard InChI is InChI=1S/C15H18ClFO5/c1-4-5-6-22-15(19)13(14(18)21-3)9-7-12(20-2)10(16)8-11(9)17/h7-8,13H,4-6H2,1-3H3. The summed E-state index contributed by atoms with van der Waals surface area (Å²) in [5.41, 5.74) is -0.199. The number of ether oxygens (including phenoxy) is 3. The maximum atomic E-state index is 14.1. The second-order valence-corrected chi connectivity index (χ2v) is 4.89. The average Bonchev–Trinajstić information content (AvgIpc) is 2.49. The van der Waals surface area contributed by atoms with E-state index in [1.54, 1.807) is 0 Å². The summed E-state index contributed by atoms with van der Waals surface area (Å²) in [6, 6.07) is 2.17. The molecule has 0 spiro atoms. The first kappa shape index (κ1) is 18.2. The Morgan fingerprint density at radius 1 is 1.27 bits per heavy atom. The molecule has 0 amide bonds. The Morgan fingerprint density at radius 2 is 1.95 bits per heavy atom. The number of carbonyl (C=O) groups is 2. The lowest BCUT2D eigenvalue weighted by molar-refractivity contribution is -0.156. The molecule has 0 bridgehead atoms. The topological polar surface area (TPSA) is 61.8 Å². The quantitative estimate of drug-likeness (QED) is 0.436. The van der Waals surface area contributed by atoms with Crippen LogP contribution in [0.15, 0.2) is 12.1 Å². The van der Waals surface area contributed by atoms with Crippen LogP contribution in [0, 0.1) is 5.82 Å². The van der Waals surface area contributed by atoms with Crippen molar-refractivity contribution in [1.29, 1.82) is 0 Å². The molecule has 0 fully saturated rings. The zero-order chi connectivity index (χ0) is 16.7. The van der Waals surface area contributed by atoms with E-state index in [0.717, 1.165) is 19.6 Å². The number of methoxy groups -OCH3 is 2. The van der Waals surface area contributed by atoms with Gasteiger partial charge in [-0.3, -0.25) is 9.59 Å². The van der Waals surface area contributed by atoms with Gasteiger partial charge in [0.25, 0.3) is 0 Å². The van der Waals surface area contributed by atoms with E-state index in [1.165, 1.54) is 13.2 Å². The van der Waals surface area contributed by atoms with E-state index in [9.17, 15) is 14.0 Å². The van der Waals surface area contributed by atoms with Gasteiger partial charge in [0.2, 0.25) is 0 Å². The fraction of sp³-hybridized carbons (Fsp3) is 0.467. The Hall–Kier alpha value is -1.82. The molecular weight excluding hydrogens is 315 g/mol. The largest absolute Gasteiger partial charge is 0.495 e. The van der Waals surface area contributed by atoms with Gasteiger partial charge in [-0.25, -0.2) is 4.39 Å². The zero-order valence-corrected chi connectivity index (χ0v) is 13.4. The SMILES string of the molecule is CCCCOC(=O)C(C(=O)OC)c1cc(OC)c(Cl)cc1F. The molecule has 1 rings (SSSR count). The van der Waals surface area contributed by atoms with Crippen molar-refractivity contribution in [3.63, 3.8) is 0 Å². The Bertz CT molecular complexity index is 547. The number of hydrogen-bond acceptors (Lipinski definition) is 5. The highest BCUT2D eigenvalue weighted by Crippen LogP contribution is 2.32. The van der Waals surface area contributed by atoms with Crippen LogP contribution in [0.25, 0.3) is 0 Å². The van der Waals surface area contributed by atoms with Gasteiger partial charge in [0, 0.05) is 5.56 Å². The fourth-order valence-electron chi connectivity index (χ4n) is 1.79. The molecule has 5 nitrogen and oxygen atoms in total. The van der Waals surface area contributed by atoms with Crippen molar-refractivity contribution in [3.05, 3.63) is 28.5 Å². The van der Waals surface area contributed by atoms with Crippen LogP contribution in [0.5, 0.6) is 5.75 Å². The molecule has 0 aromatic heterocycles. The highest BCUT2D eigenvalue weighted by atomic mass is 35.5. The summed E-state index contributed by atoms with van der Waals surface area (Å²) >= 11 is 5.80. The number of hydrogen-bond donors (Lipinski definition) is 0. The van der Waals surface area contributed by atoms with E-state index in [0.29, 0.717) is 6.42 Å². The summed E-state index contributed by atoms with van der Waals surface area (Å²) in [4.78, 5) is 24.0. The van der Waals surface area contributed by atoms with Gasteiger partial charge in [0.15, 0.2) is 5.92 Å². The van der Waals surface area contributed by atoms with Crippen LogP contribution in [0.3, 0.4) is 0 Å². The number of benzene rings is 1. The predicted octanol–water partition coefficient (Wildman–Crippen LogP) is 3.09. The zero-order valence-electron chi connectivity index (χ0n) is 12.7. The second-order valence-electron chi connectivity index (χ2n) is 4.49. The highest BCUT2D eigenvalue weighted by molar-refractivity contribution is 6.32. The van der Waals surface area contributed by atoms with Crippen molar-refractivity contribution in [2.75, 3.05) is 20.8 Å². The van der Waals surface area contributed by atoms with Gasteiger partial charge >= 0.3 is 11.9 Å². The monoisotopic (exact) mass is 332 g/mol. The molecule has 0 aliphatic rings. The summed E-state index contributed by atoms with van der Waals surface area (Å²) < 4.78 is 28.7. The number of unbranched alkanes of at least 4 members (excludes halogenated alkanes) is 1. The molecular formula is C15H18ClFO5. The van der Waals surface area contributed by atoms with E-state index < -0.39 is 23.7 Å². The third kappa shape index (κ3) is 4.34. The number of rotatable bonds is 7. The molecule has 1 atom stereocenters. The summed E-state index contributed by atoms with van der Waals surface area (Å²) in [5, 5.41) is 0.0340. The molecule has 0 saturated heterocycles. The molecule has 1 unspecified atom stereocenters. The van der Waals surface area contributed by atoms with Gasteiger partial charge in [-0.2, -0.15) is 0 Å². The van der Waals surface area contributed by atoms with E-state index in [4.69, 9.17) is 21.1 Å². The second kappa shape index (κ2) is 8.58. The van der Waals surface area contributed by atoms with E-state index >= 15 is 0 Å². The molecule has 0 N–H and O–H groups in total. The maximum absolute atomic E-state index is 14.1. The van der Waals surface area contributed by atoms with Crippen molar-refractivity contribution in [3.8, 4) is 5.75 Å². The first-order chi connectivity index (χ1) is 10.5. The molecule has 0 radical (unpaired) electrons. The molecule has 0 aliphatic heterocycles. The van der Waals surface area contributed by atoms with Crippen molar-refractivity contribution in [1.82, 2.24) is 0 Å². The van der Waals surface area contributed by atoms with Gasteiger partial charge in [0.1, 0.15) is 11.6 Å². The van der Waals surface area contributed by atoms with Crippen LogP contribution in [-0.4, -0.2) is 32.8 Å². The minimum atomic E-state index is -1.52. The lowest BCUT2D eigenvalue weighted by atomic mass is 9.98. The smallest absolute Gasteiger partial charge is 0.325 e. The summed E-state index contributed by atoms with van der Waals surface area (Å²) in [5.74, 6) is -3.97. The van der Waals surface area contributed by atoms with Gasteiger partial charge in [-0.05, 0) is 18.6 Å². The van der Waals surface area contributed by atoms with Crippen LogP contribution in [0.4, 0.5) is 4.39 Å². The van der Waals surface area contributed by atoms with Crippen molar-refractivity contribution in [2.24, 2.45) is 0 Å². The van der Waals surface area contributed by atoms with Crippen LogP contribution >= 0.6 is 11.6 Å². The molecule has 7 heteroatoms. The van der Waals surface area contributed by atoms with Crippen LogP contribution < -0.4 is 4.74 Å². The molecule has 122 valence electrons. The minimum Gasteiger partial charge on any atom is -0.495 e. The molecule has 0 saturated carbocycles. The lowest BCUT2D eigenvalue weighted by Crippen LogP contribution is -2.26. The van der Waals surface area contributed by atoms with Crippen LogP contribution in [0.1, 0.15) is 31.2 Å². The van der Waals surface area contributed by atoms with E-state index in [1.807, 2.05) is 6.92 Å².